The molecule has 0 saturated carbocycles. The molecule has 1 atom stereocenters. The fraction of sp³-hybridized carbons (Fsp3) is 0.346. The van der Waals surface area contributed by atoms with Crippen LogP contribution in [0.3, 0.4) is 0 Å². The number of ether oxygens (including phenoxy) is 2. The maximum absolute atomic E-state index is 14.0. The van der Waals surface area contributed by atoms with Crippen LogP contribution in [0, 0.1) is 11.6 Å². The van der Waals surface area contributed by atoms with Crippen molar-refractivity contribution in [3.05, 3.63) is 64.7 Å². The summed E-state index contributed by atoms with van der Waals surface area (Å²) in [6.45, 7) is -0.174. The molecule has 13 heteroatoms. The lowest BCUT2D eigenvalue weighted by Gasteiger charge is -2.28. The highest BCUT2D eigenvalue weighted by Crippen LogP contribution is 2.27. The van der Waals surface area contributed by atoms with E-state index in [0.29, 0.717) is 22.9 Å². The highest BCUT2D eigenvalue weighted by Gasteiger charge is 2.23. The Bertz CT molecular complexity index is 1290. The smallest absolute Gasteiger partial charge is 0.413 e. The first-order valence-corrected chi connectivity index (χ1v) is 13.2. The van der Waals surface area contributed by atoms with Crippen molar-refractivity contribution >= 4 is 46.0 Å². The average Bonchev–Trinajstić information content (AvgIpc) is 3.39. The Hall–Kier alpha value is -3.64. The molecule has 0 fully saturated rings. The minimum absolute atomic E-state index is 0.00398. The molecule has 0 saturated heterocycles. The summed E-state index contributed by atoms with van der Waals surface area (Å²) in [4.78, 5) is 38.2. The summed E-state index contributed by atoms with van der Waals surface area (Å²) in [6.07, 6.45) is -0.0641. The second kappa shape index (κ2) is 14.5. The van der Waals surface area contributed by atoms with Crippen LogP contribution in [-0.4, -0.2) is 59.9 Å². The van der Waals surface area contributed by atoms with Gasteiger partial charge in [0, 0.05) is 30.5 Å². The highest BCUT2D eigenvalue weighted by atomic mass is 35.5. The number of aryl methyl sites for hydroxylation is 1. The molecule has 3 rings (SSSR count). The topological polar surface area (TPSA) is 111 Å². The van der Waals surface area contributed by atoms with Gasteiger partial charge >= 0.3 is 12.1 Å². The van der Waals surface area contributed by atoms with Gasteiger partial charge in [0.1, 0.15) is 11.6 Å². The molecule has 0 aliphatic heterocycles. The number of esters is 1. The van der Waals surface area contributed by atoms with E-state index < -0.39 is 29.7 Å². The number of anilines is 1. The monoisotopic (exact) mass is 580 g/mol. The molecule has 0 aliphatic carbocycles. The van der Waals surface area contributed by atoms with E-state index in [-0.39, 0.29) is 42.5 Å². The molecule has 0 radical (unpaired) electrons. The number of hydrogen-bond donors (Lipinski definition) is 1. The van der Waals surface area contributed by atoms with Gasteiger partial charge in [0.25, 0.3) is 0 Å². The second-order valence-corrected chi connectivity index (χ2v) is 9.90. The van der Waals surface area contributed by atoms with Crippen LogP contribution in [0.15, 0.2) is 42.5 Å². The van der Waals surface area contributed by atoms with Gasteiger partial charge in [-0.3, -0.25) is 14.9 Å². The van der Waals surface area contributed by atoms with Crippen molar-refractivity contribution in [1.82, 2.24) is 15.1 Å². The zero-order valence-corrected chi connectivity index (χ0v) is 22.9. The van der Waals surface area contributed by atoms with Crippen LogP contribution in [0.25, 0.3) is 10.6 Å². The predicted octanol–water partition coefficient (Wildman–Crippen LogP) is 5.49. The lowest BCUT2D eigenvalue weighted by atomic mass is 10.1. The van der Waals surface area contributed by atoms with Crippen molar-refractivity contribution in [3.63, 3.8) is 0 Å². The van der Waals surface area contributed by atoms with Gasteiger partial charge in [-0.05, 0) is 43.0 Å². The van der Waals surface area contributed by atoms with Crippen molar-refractivity contribution in [3.8, 4) is 10.6 Å². The third-order valence-electron chi connectivity index (χ3n) is 5.86. The van der Waals surface area contributed by atoms with Crippen LogP contribution in [0.1, 0.15) is 31.2 Å². The van der Waals surface area contributed by atoms with Crippen LogP contribution >= 0.6 is 22.9 Å². The molecule has 208 valence electrons. The number of likely N-dealkylation sites (N-methyl/N-ethyl adjacent to an activating group) is 1. The first kappa shape index (κ1) is 29.9. The highest BCUT2D eigenvalue weighted by molar-refractivity contribution is 7.18. The molecule has 0 aliphatic rings. The van der Waals surface area contributed by atoms with Gasteiger partial charge < -0.3 is 14.4 Å². The fourth-order valence-electron chi connectivity index (χ4n) is 3.61. The maximum atomic E-state index is 14.0. The van der Waals surface area contributed by atoms with Gasteiger partial charge in [-0.2, -0.15) is 0 Å². The van der Waals surface area contributed by atoms with Gasteiger partial charge in [-0.1, -0.05) is 47.2 Å². The van der Waals surface area contributed by atoms with Gasteiger partial charge in [-0.15, -0.1) is 10.2 Å². The van der Waals surface area contributed by atoms with Gasteiger partial charge in [-0.25, -0.2) is 13.6 Å². The predicted molar refractivity (Wildman–Crippen MR) is 142 cm³/mol. The largest absolute Gasteiger partial charge is 0.469 e. The Morgan fingerprint density at radius 3 is 2.56 bits per heavy atom. The van der Waals surface area contributed by atoms with Gasteiger partial charge in [0.2, 0.25) is 11.0 Å². The van der Waals surface area contributed by atoms with Crippen LogP contribution in [0.5, 0.6) is 0 Å². The zero-order valence-electron chi connectivity index (χ0n) is 21.3. The van der Waals surface area contributed by atoms with E-state index in [4.69, 9.17) is 16.3 Å². The quantitative estimate of drug-likeness (QED) is 0.282. The third kappa shape index (κ3) is 8.96. The summed E-state index contributed by atoms with van der Waals surface area (Å²) >= 11 is 7.05. The molecule has 2 aromatic carbocycles. The number of benzene rings is 2. The summed E-state index contributed by atoms with van der Waals surface area (Å²) in [5.74, 6) is -2.74. The SMILES string of the molecule is COC(=O)CCC[C@@H](COC(=O)Nc1nnc(-c2ccc(Cl)cc2)s1)N(C)C(=O)CCc1cccc(F)c1F. The lowest BCUT2D eigenvalue weighted by molar-refractivity contribution is -0.140. The lowest BCUT2D eigenvalue weighted by Crippen LogP contribution is -2.41. The van der Waals surface area contributed by atoms with Crippen molar-refractivity contribution in [2.75, 3.05) is 26.1 Å². The Labute approximate surface area is 233 Å². The normalized spacial score (nSPS) is 11.5. The van der Waals surface area contributed by atoms with Crippen molar-refractivity contribution in [2.24, 2.45) is 0 Å². The molecule has 9 nitrogen and oxygen atoms in total. The van der Waals surface area contributed by atoms with E-state index in [9.17, 15) is 23.2 Å². The standard InChI is InChI=1S/C26H27ClF2N4O5S/c1-33(21(34)14-11-16-5-3-7-20(28)23(16)29)19(6-4-8-22(35)37-2)15-38-26(36)30-25-32-31-24(39-25)17-9-12-18(27)13-10-17/h3,5,7,9-10,12-13,19H,4,6,8,11,14-15H2,1-2H3,(H,30,32,36)/t19-/m0/s1. The van der Waals surface area contributed by atoms with Crippen molar-refractivity contribution in [2.45, 2.75) is 38.1 Å². The number of amides is 2. The number of carbonyl (C=O) groups excluding carboxylic acids is 3. The van der Waals surface area contributed by atoms with Gasteiger partial charge in [0.15, 0.2) is 11.6 Å². The molecular formula is C26H27ClF2N4O5S. The zero-order chi connectivity index (χ0) is 28.4. The number of nitrogens with zero attached hydrogens (tertiary/aromatic N) is 3. The number of rotatable bonds is 12. The summed E-state index contributed by atoms with van der Waals surface area (Å²) in [6, 6.07) is 10.2. The van der Waals surface area contributed by atoms with Crippen molar-refractivity contribution in [1.29, 1.82) is 0 Å². The van der Waals surface area contributed by atoms with E-state index in [2.05, 4.69) is 20.3 Å². The number of carbonyl (C=O) groups is 3. The number of halogens is 3. The minimum atomic E-state index is -0.988. The molecule has 1 heterocycles. The first-order valence-electron chi connectivity index (χ1n) is 12.0. The van der Waals surface area contributed by atoms with Crippen LogP contribution < -0.4 is 5.32 Å². The molecular weight excluding hydrogens is 554 g/mol. The number of nitrogens with one attached hydrogen (secondary N) is 1. The van der Waals surface area contributed by atoms with E-state index in [1.165, 1.54) is 31.2 Å². The average molecular weight is 581 g/mol. The summed E-state index contributed by atoms with van der Waals surface area (Å²) in [7, 11) is 2.80. The molecule has 39 heavy (non-hydrogen) atoms. The molecule has 0 unspecified atom stereocenters. The Morgan fingerprint density at radius 1 is 1.10 bits per heavy atom. The van der Waals surface area contributed by atoms with Crippen LogP contribution in [0.4, 0.5) is 18.7 Å². The Kier molecular flexibility index (Phi) is 11.1. The third-order valence-corrected chi connectivity index (χ3v) is 7.00. The number of hydrogen-bond acceptors (Lipinski definition) is 8. The molecule has 3 aromatic rings. The number of methoxy groups -OCH3 is 1. The van der Waals surface area contributed by atoms with E-state index >= 15 is 0 Å². The maximum Gasteiger partial charge on any atom is 0.413 e. The van der Waals surface area contributed by atoms with Crippen LogP contribution in [0.2, 0.25) is 5.02 Å². The molecule has 2 amide bonds. The van der Waals surface area contributed by atoms with E-state index in [1.54, 1.807) is 24.3 Å². The van der Waals surface area contributed by atoms with E-state index in [0.717, 1.165) is 23.0 Å². The van der Waals surface area contributed by atoms with Crippen LogP contribution in [-0.2, 0) is 25.5 Å². The summed E-state index contributed by atoms with van der Waals surface area (Å²) in [5, 5.41) is 11.9. The van der Waals surface area contributed by atoms with Gasteiger partial charge in [0.05, 0.1) is 13.2 Å². The molecule has 1 N–H and O–H groups in total. The minimum Gasteiger partial charge on any atom is -0.469 e. The first-order chi connectivity index (χ1) is 18.7. The second-order valence-electron chi connectivity index (χ2n) is 8.48. The van der Waals surface area contributed by atoms with Crippen molar-refractivity contribution < 1.29 is 32.6 Å². The Morgan fingerprint density at radius 2 is 1.85 bits per heavy atom. The summed E-state index contributed by atoms with van der Waals surface area (Å²) in [5.41, 5.74) is 0.867. The fourth-order valence-corrected chi connectivity index (χ4v) is 4.47. The number of aromatic nitrogens is 2. The Balaban J connectivity index is 1.58. The molecule has 0 spiro atoms. The molecule has 1 aromatic heterocycles. The summed E-state index contributed by atoms with van der Waals surface area (Å²) < 4.78 is 37.4. The van der Waals surface area contributed by atoms with E-state index in [1.807, 2.05) is 0 Å². The molecule has 0 bridgehead atoms.